The Kier molecular flexibility index (Phi) is 5.64. The number of halogens is 1. The van der Waals surface area contributed by atoms with Gasteiger partial charge in [0.05, 0.1) is 11.4 Å². The summed E-state index contributed by atoms with van der Waals surface area (Å²) in [7, 11) is 0. The Bertz CT molecular complexity index is 770. The molecule has 4 N–H and O–H groups in total. The fourth-order valence-corrected chi connectivity index (χ4v) is 2.68. The summed E-state index contributed by atoms with van der Waals surface area (Å²) in [6.45, 7) is 1.84. The number of aryl methyl sites for hydroxylation is 1. The van der Waals surface area contributed by atoms with E-state index in [4.69, 9.17) is 21.9 Å². The second-order valence-electron chi connectivity index (χ2n) is 4.67. The van der Waals surface area contributed by atoms with Crippen LogP contribution >= 0.6 is 11.6 Å². The molecule has 0 spiro atoms. The first-order valence-corrected chi connectivity index (χ1v) is 8.35. The number of amides is 1. The number of rotatable bonds is 6. The Hall–Kier alpha value is -2.03. The number of anilines is 2. The highest BCUT2D eigenvalue weighted by atomic mass is 35.5. The van der Waals surface area contributed by atoms with Crippen molar-refractivity contribution in [2.45, 2.75) is 19.1 Å². The first-order chi connectivity index (χ1) is 10.9. The molecule has 0 bridgehead atoms. The molecule has 0 radical (unpaired) electrons. The third kappa shape index (κ3) is 4.47. The quantitative estimate of drug-likeness (QED) is 0.685. The van der Waals surface area contributed by atoms with Crippen LogP contribution in [0.5, 0.6) is 0 Å². The minimum absolute atomic E-state index is 0.000591. The molecule has 1 atom stereocenters. The van der Waals surface area contributed by atoms with Gasteiger partial charge in [0.15, 0.2) is 27.7 Å². The van der Waals surface area contributed by atoms with E-state index < -0.39 is 17.0 Å². The standard InChI is InChI=1S/C14H15ClN4O3S/c1-2-10-12(15)19-14(11(18-10)13(16)20)17-9-5-3-4-8(6-9)7-23(21)22/h3-6H,2,7H2,1H3,(H2,16,20)(H,17,19)(H,21,22). The summed E-state index contributed by atoms with van der Waals surface area (Å²) < 4.78 is 19.8. The molecule has 0 aliphatic carbocycles. The molecule has 1 aromatic carbocycles. The summed E-state index contributed by atoms with van der Waals surface area (Å²) in [6.07, 6.45) is 0.518. The first-order valence-electron chi connectivity index (χ1n) is 6.70. The van der Waals surface area contributed by atoms with E-state index >= 15 is 0 Å². The normalized spacial score (nSPS) is 12.0. The number of hydrogen-bond donors (Lipinski definition) is 3. The van der Waals surface area contributed by atoms with Gasteiger partial charge in [0.2, 0.25) is 0 Å². The Morgan fingerprint density at radius 1 is 1.43 bits per heavy atom. The number of carbonyl (C=O) groups excluding carboxylic acids is 1. The van der Waals surface area contributed by atoms with Gasteiger partial charge in [-0.05, 0) is 24.1 Å². The molecular weight excluding hydrogens is 340 g/mol. The van der Waals surface area contributed by atoms with Gasteiger partial charge in [-0.25, -0.2) is 14.2 Å². The summed E-state index contributed by atoms with van der Waals surface area (Å²) in [4.78, 5) is 19.8. The number of carbonyl (C=O) groups is 1. The summed E-state index contributed by atoms with van der Waals surface area (Å²) in [5.41, 5.74) is 7.04. The number of aromatic nitrogens is 2. The molecule has 1 heterocycles. The fraction of sp³-hybridized carbons (Fsp3) is 0.214. The summed E-state index contributed by atoms with van der Waals surface area (Å²) in [6, 6.07) is 6.82. The lowest BCUT2D eigenvalue weighted by atomic mass is 10.2. The second kappa shape index (κ2) is 7.49. The highest BCUT2D eigenvalue weighted by Crippen LogP contribution is 2.23. The topological polar surface area (TPSA) is 118 Å². The van der Waals surface area contributed by atoms with Crippen molar-refractivity contribution in [1.82, 2.24) is 9.97 Å². The van der Waals surface area contributed by atoms with Crippen molar-refractivity contribution in [1.29, 1.82) is 0 Å². The summed E-state index contributed by atoms with van der Waals surface area (Å²) >= 11 is 4.09. The van der Waals surface area contributed by atoms with Crippen molar-refractivity contribution >= 4 is 40.1 Å². The second-order valence-corrected chi connectivity index (χ2v) is 5.96. The van der Waals surface area contributed by atoms with Gasteiger partial charge >= 0.3 is 0 Å². The predicted octanol–water partition coefficient (Wildman–Crippen LogP) is 2.26. The molecule has 2 aromatic rings. The molecule has 122 valence electrons. The van der Waals surface area contributed by atoms with Crippen LogP contribution in [-0.4, -0.2) is 24.6 Å². The van der Waals surface area contributed by atoms with Gasteiger partial charge in [-0.1, -0.05) is 30.7 Å². The Balaban J connectivity index is 2.37. The summed E-state index contributed by atoms with van der Waals surface area (Å²) in [5, 5.41) is 3.11. The van der Waals surface area contributed by atoms with Gasteiger partial charge in [0, 0.05) is 5.69 Å². The lowest BCUT2D eigenvalue weighted by molar-refractivity contribution is 0.0996. The van der Waals surface area contributed by atoms with E-state index in [1.165, 1.54) is 0 Å². The third-order valence-corrected chi connectivity index (χ3v) is 3.85. The van der Waals surface area contributed by atoms with E-state index in [0.29, 0.717) is 23.4 Å². The minimum Gasteiger partial charge on any atom is -0.364 e. The molecule has 0 saturated heterocycles. The highest BCUT2D eigenvalue weighted by molar-refractivity contribution is 7.78. The number of nitrogens with zero attached hydrogens (tertiary/aromatic N) is 2. The zero-order chi connectivity index (χ0) is 17.0. The third-order valence-electron chi connectivity index (χ3n) is 2.97. The molecule has 9 heteroatoms. The van der Waals surface area contributed by atoms with E-state index in [0.717, 1.165) is 0 Å². The van der Waals surface area contributed by atoms with Crippen LogP contribution in [0, 0.1) is 0 Å². The predicted molar refractivity (Wildman–Crippen MR) is 89.1 cm³/mol. The van der Waals surface area contributed by atoms with Crippen LogP contribution in [-0.2, 0) is 23.3 Å². The van der Waals surface area contributed by atoms with E-state index in [2.05, 4.69) is 15.3 Å². The molecule has 7 nitrogen and oxygen atoms in total. The lowest BCUT2D eigenvalue weighted by Crippen LogP contribution is -2.18. The maximum atomic E-state index is 11.6. The number of primary amides is 1. The molecule has 23 heavy (non-hydrogen) atoms. The Morgan fingerprint density at radius 3 is 2.78 bits per heavy atom. The molecule has 1 aromatic heterocycles. The smallest absolute Gasteiger partial charge is 0.271 e. The van der Waals surface area contributed by atoms with Crippen molar-refractivity contribution in [2.24, 2.45) is 5.73 Å². The molecule has 0 aliphatic rings. The van der Waals surface area contributed by atoms with E-state index in [1.54, 1.807) is 24.3 Å². The number of benzene rings is 1. The Morgan fingerprint density at radius 2 is 2.17 bits per heavy atom. The van der Waals surface area contributed by atoms with Gasteiger partial charge in [-0.3, -0.25) is 4.79 Å². The average Bonchev–Trinajstić information content (AvgIpc) is 2.46. The van der Waals surface area contributed by atoms with Crippen LogP contribution in [0.4, 0.5) is 11.5 Å². The van der Waals surface area contributed by atoms with E-state index in [1.807, 2.05) is 6.92 Å². The first kappa shape index (κ1) is 17.3. The maximum Gasteiger partial charge on any atom is 0.271 e. The fourth-order valence-electron chi connectivity index (χ4n) is 1.95. The zero-order valence-electron chi connectivity index (χ0n) is 12.2. The van der Waals surface area contributed by atoms with Gasteiger partial charge in [0.1, 0.15) is 0 Å². The molecule has 0 saturated carbocycles. The van der Waals surface area contributed by atoms with Crippen LogP contribution < -0.4 is 11.1 Å². The summed E-state index contributed by atoms with van der Waals surface area (Å²) in [5.74, 6) is -0.583. The monoisotopic (exact) mass is 354 g/mol. The van der Waals surface area contributed by atoms with Crippen molar-refractivity contribution < 1.29 is 13.6 Å². The SMILES string of the molecule is CCc1nc(C(N)=O)c(Nc2cccc(CS(=O)O)c2)nc1Cl. The molecule has 2 rings (SSSR count). The van der Waals surface area contributed by atoms with E-state index in [-0.39, 0.29) is 22.4 Å². The average molecular weight is 355 g/mol. The van der Waals surface area contributed by atoms with Crippen molar-refractivity contribution in [2.75, 3.05) is 5.32 Å². The van der Waals surface area contributed by atoms with Crippen molar-refractivity contribution in [3.63, 3.8) is 0 Å². The number of nitrogens with two attached hydrogens (primary N) is 1. The molecule has 1 amide bonds. The largest absolute Gasteiger partial charge is 0.364 e. The van der Waals surface area contributed by atoms with Crippen LogP contribution in [0.1, 0.15) is 28.7 Å². The van der Waals surface area contributed by atoms with E-state index in [9.17, 15) is 9.00 Å². The van der Waals surface area contributed by atoms with Crippen molar-refractivity contribution in [3.8, 4) is 0 Å². The highest BCUT2D eigenvalue weighted by Gasteiger charge is 2.16. The van der Waals surface area contributed by atoms with Crippen molar-refractivity contribution in [3.05, 3.63) is 46.4 Å². The van der Waals surface area contributed by atoms with Crippen LogP contribution in [0.3, 0.4) is 0 Å². The van der Waals surface area contributed by atoms with Gasteiger partial charge < -0.3 is 15.6 Å². The van der Waals surface area contributed by atoms with Gasteiger partial charge in [0.25, 0.3) is 5.91 Å². The number of nitrogens with one attached hydrogen (secondary N) is 1. The van der Waals surface area contributed by atoms with Crippen LogP contribution in [0.2, 0.25) is 5.15 Å². The molecular formula is C14H15ClN4O3S. The maximum absolute atomic E-state index is 11.6. The lowest BCUT2D eigenvalue weighted by Gasteiger charge is -2.11. The molecule has 1 unspecified atom stereocenters. The van der Waals surface area contributed by atoms with Crippen LogP contribution in [0.15, 0.2) is 24.3 Å². The van der Waals surface area contributed by atoms with Gasteiger partial charge in [-0.15, -0.1) is 0 Å². The zero-order valence-corrected chi connectivity index (χ0v) is 13.8. The van der Waals surface area contributed by atoms with Crippen LogP contribution in [0.25, 0.3) is 0 Å². The van der Waals surface area contributed by atoms with Gasteiger partial charge in [-0.2, -0.15) is 0 Å². The Labute approximate surface area is 140 Å². The minimum atomic E-state index is -1.94. The molecule has 0 aliphatic heterocycles. The number of hydrogen-bond acceptors (Lipinski definition) is 5. The molecule has 0 fully saturated rings.